The fourth-order valence-corrected chi connectivity index (χ4v) is 4.12. The third-order valence-corrected chi connectivity index (χ3v) is 5.46. The maximum Gasteiger partial charge on any atom is 0.295 e. The topological polar surface area (TPSA) is 67.2 Å². The molecular formula is C23H17N3O2S. The first-order chi connectivity index (χ1) is 14.0. The molecule has 0 aliphatic rings. The Morgan fingerprint density at radius 2 is 2.21 bits per heavy atom. The summed E-state index contributed by atoms with van der Waals surface area (Å²) in [6.07, 6.45) is 7.07. The van der Waals surface area contributed by atoms with Crippen molar-refractivity contribution in [2.24, 2.45) is 0 Å². The van der Waals surface area contributed by atoms with Crippen molar-refractivity contribution in [1.82, 2.24) is 14.9 Å². The Balaban J connectivity index is 1.57. The zero-order chi connectivity index (χ0) is 20.4. The van der Waals surface area contributed by atoms with Crippen molar-refractivity contribution in [1.29, 1.82) is 0 Å². The molecule has 2 aromatic heterocycles. The highest BCUT2D eigenvalue weighted by molar-refractivity contribution is 7.18. The molecule has 0 unspecified atom stereocenters. The SMILES string of the molecule is C#CC(=O)NCc1cccc2c1ccn2CC#Cc1cc(O)c2nc(C)sc2c1. The number of phenols is 1. The van der Waals surface area contributed by atoms with E-state index in [1.165, 1.54) is 11.3 Å². The molecule has 2 N–H and O–H groups in total. The lowest BCUT2D eigenvalue weighted by atomic mass is 10.1. The molecular weight excluding hydrogens is 382 g/mol. The smallest absolute Gasteiger partial charge is 0.295 e. The molecule has 2 aromatic carbocycles. The van der Waals surface area contributed by atoms with Crippen LogP contribution in [0, 0.1) is 31.1 Å². The average molecular weight is 399 g/mol. The lowest BCUT2D eigenvalue weighted by Crippen LogP contribution is -2.20. The van der Waals surface area contributed by atoms with Crippen LogP contribution in [0.15, 0.2) is 42.6 Å². The number of thiazole rings is 1. The number of aromatic hydroxyl groups is 1. The van der Waals surface area contributed by atoms with E-state index in [2.05, 4.69) is 28.1 Å². The predicted molar refractivity (Wildman–Crippen MR) is 116 cm³/mol. The van der Waals surface area contributed by atoms with Crippen molar-refractivity contribution in [3.63, 3.8) is 0 Å². The Hall–Kier alpha value is -3.74. The number of phenolic OH excluding ortho intramolecular Hbond substituents is 1. The number of nitrogens with one attached hydrogen (secondary N) is 1. The first-order valence-electron chi connectivity index (χ1n) is 8.95. The van der Waals surface area contributed by atoms with E-state index < -0.39 is 5.91 Å². The fourth-order valence-electron chi connectivity index (χ4n) is 3.23. The Labute approximate surface area is 172 Å². The van der Waals surface area contributed by atoms with Gasteiger partial charge in [-0.15, -0.1) is 17.8 Å². The number of fused-ring (bicyclic) bond motifs is 2. The van der Waals surface area contributed by atoms with Gasteiger partial charge >= 0.3 is 0 Å². The van der Waals surface area contributed by atoms with Crippen LogP contribution in [0.2, 0.25) is 0 Å². The molecule has 0 aliphatic heterocycles. The summed E-state index contributed by atoms with van der Waals surface area (Å²) in [7, 11) is 0. The van der Waals surface area contributed by atoms with Crippen LogP contribution in [0.25, 0.3) is 21.1 Å². The molecule has 5 nitrogen and oxygen atoms in total. The van der Waals surface area contributed by atoms with Crippen molar-refractivity contribution in [2.75, 3.05) is 0 Å². The van der Waals surface area contributed by atoms with Gasteiger partial charge in [0.25, 0.3) is 5.91 Å². The summed E-state index contributed by atoms with van der Waals surface area (Å²) in [4.78, 5) is 15.6. The highest BCUT2D eigenvalue weighted by Crippen LogP contribution is 2.30. The predicted octanol–water partition coefficient (Wildman–Crippen LogP) is 3.57. The van der Waals surface area contributed by atoms with Crippen LogP contribution >= 0.6 is 11.3 Å². The molecule has 0 bridgehead atoms. The summed E-state index contributed by atoms with van der Waals surface area (Å²) < 4.78 is 2.97. The molecule has 0 fully saturated rings. The minimum Gasteiger partial charge on any atom is -0.506 e. The van der Waals surface area contributed by atoms with Gasteiger partial charge in [-0.2, -0.15) is 0 Å². The maximum atomic E-state index is 11.3. The lowest BCUT2D eigenvalue weighted by Gasteiger charge is -2.05. The van der Waals surface area contributed by atoms with Gasteiger partial charge in [-0.3, -0.25) is 4.79 Å². The van der Waals surface area contributed by atoms with Crippen molar-refractivity contribution < 1.29 is 9.90 Å². The summed E-state index contributed by atoms with van der Waals surface area (Å²) in [6, 6.07) is 11.5. The summed E-state index contributed by atoms with van der Waals surface area (Å²) in [5, 5.41) is 14.8. The standard InChI is InChI=1S/C23H17N3O2S/c1-3-22(28)24-14-17-7-4-8-19-18(17)9-11-26(19)10-5-6-16-12-20(27)23-21(13-16)29-15(2)25-23/h1,4,7-9,11-13,27H,10,14H2,2H3,(H,24,28). The Morgan fingerprint density at radius 3 is 3.03 bits per heavy atom. The average Bonchev–Trinajstić information content (AvgIpc) is 3.29. The quantitative estimate of drug-likeness (QED) is 0.518. The molecule has 0 radical (unpaired) electrons. The van der Waals surface area contributed by atoms with E-state index >= 15 is 0 Å². The summed E-state index contributed by atoms with van der Waals surface area (Å²) in [5.74, 6) is 8.07. The van der Waals surface area contributed by atoms with Gasteiger partial charge in [-0.1, -0.05) is 24.0 Å². The zero-order valence-corrected chi connectivity index (χ0v) is 16.5. The number of rotatable bonds is 3. The Bertz CT molecular complexity index is 1350. The van der Waals surface area contributed by atoms with Crippen molar-refractivity contribution in [2.45, 2.75) is 20.0 Å². The van der Waals surface area contributed by atoms with Gasteiger partial charge in [-0.05, 0) is 42.7 Å². The van der Waals surface area contributed by atoms with Crippen LogP contribution in [0.1, 0.15) is 16.1 Å². The third kappa shape index (κ3) is 3.80. The van der Waals surface area contributed by atoms with E-state index in [4.69, 9.17) is 6.42 Å². The molecule has 29 heavy (non-hydrogen) atoms. The molecule has 0 saturated carbocycles. The number of amides is 1. The van der Waals surface area contributed by atoms with E-state index in [1.54, 1.807) is 6.07 Å². The number of terminal acetylenes is 1. The maximum absolute atomic E-state index is 11.3. The highest BCUT2D eigenvalue weighted by Gasteiger charge is 2.08. The molecule has 2 heterocycles. The number of carbonyl (C=O) groups excluding carboxylic acids is 1. The van der Waals surface area contributed by atoms with Crippen LogP contribution in [0.3, 0.4) is 0 Å². The van der Waals surface area contributed by atoms with E-state index in [1.807, 2.05) is 48.0 Å². The molecule has 6 heteroatoms. The first-order valence-corrected chi connectivity index (χ1v) is 9.77. The second kappa shape index (κ2) is 7.71. The number of aromatic nitrogens is 2. The monoisotopic (exact) mass is 399 g/mol. The molecule has 0 aliphatic carbocycles. The highest BCUT2D eigenvalue weighted by atomic mass is 32.1. The van der Waals surface area contributed by atoms with E-state index in [0.717, 1.165) is 31.7 Å². The zero-order valence-electron chi connectivity index (χ0n) is 15.7. The number of hydrogen-bond acceptors (Lipinski definition) is 4. The molecule has 1 amide bonds. The molecule has 0 spiro atoms. The number of nitrogens with zero attached hydrogens (tertiary/aromatic N) is 2. The Morgan fingerprint density at radius 1 is 1.34 bits per heavy atom. The minimum absolute atomic E-state index is 0.154. The summed E-state index contributed by atoms with van der Waals surface area (Å²) >= 11 is 1.54. The second-order valence-corrected chi connectivity index (χ2v) is 7.73. The minimum atomic E-state index is -0.427. The van der Waals surface area contributed by atoms with E-state index in [9.17, 15) is 9.90 Å². The summed E-state index contributed by atoms with van der Waals surface area (Å²) in [5.41, 5.74) is 3.41. The van der Waals surface area contributed by atoms with Gasteiger partial charge in [0.05, 0.1) is 16.3 Å². The van der Waals surface area contributed by atoms with Crippen LogP contribution in [-0.2, 0) is 17.9 Å². The largest absolute Gasteiger partial charge is 0.506 e. The lowest BCUT2D eigenvalue weighted by molar-refractivity contribution is -0.115. The van der Waals surface area contributed by atoms with Crippen LogP contribution < -0.4 is 5.32 Å². The molecule has 4 aromatic rings. The number of hydrogen-bond donors (Lipinski definition) is 2. The van der Waals surface area contributed by atoms with Gasteiger partial charge < -0.3 is 15.0 Å². The van der Waals surface area contributed by atoms with Crippen molar-refractivity contribution in [3.8, 4) is 29.9 Å². The normalized spacial score (nSPS) is 10.5. The molecule has 142 valence electrons. The van der Waals surface area contributed by atoms with Crippen LogP contribution in [0.5, 0.6) is 5.75 Å². The third-order valence-electron chi connectivity index (χ3n) is 4.54. The van der Waals surface area contributed by atoms with Gasteiger partial charge in [0.1, 0.15) is 11.3 Å². The van der Waals surface area contributed by atoms with E-state index in [0.29, 0.717) is 18.6 Å². The Kier molecular flexibility index (Phi) is 4.95. The van der Waals surface area contributed by atoms with Gasteiger partial charge in [0, 0.05) is 29.2 Å². The first kappa shape index (κ1) is 18.6. The molecule has 4 rings (SSSR count). The van der Waals surface area contributed by atoms with E-state index in [-0.39, 0.29) is 5.75 Å². The van der Waals surface area contributed by atoms with Crippen LogP contribution in [0.4, 0.5) is 0 Å². The van der Waals surface area contributed by atoms with Crippen molar-refractivity contribution >= 4 is 38.4 Å². The number of benzene rings is 2. The second-order valence-electron chi connectivity index (χ2n) is 6.50. The fraction of sp³-hybridized carbons (Fsp3) is 0.130. The van der Waals surface area contributed by atoms with Crippen LogP contribution in [-0.4, -0.2) is 20.6 Å². The van der Waals surface area contributed by atoms with Gasteiger partial charge in [0.15, 0.2) is 0 Å². The summed E-state index contributed by atoms with van der Waals surface area (Å²) in [6.45, 7) is 2.80. The van der Waals surface area contributed by atoms with Gasteiger partial charge in [0.2, 0.25) is 0 Å². The molecule has 0 atom stereocenters. The van der Waals surface area contributed by atoms with Crippen molar-refractivity contribution in [3.05, 3.63) is 58.7 Å². The van der Waals surface area contributed by atoms with Gasteiger partial charge in [-0.25, -0.2) is 4.98 Å². The number of carbonyl (C=O) groups is 1. The molecule has 0 saturated heterocycles. The number of aryl methyl sites for hydroxylation is 1.